The number of fused-ring (bicyclic) bond motifs is 1. The van der Waals surface area contributed by atoms with Crippen molar-refractivity contribution in [3.63, 3.8) is 0 Å². The van der Waals surface area contributed by atoms with Gasteiger partial charge in [0.2, 0.25) is 0 Å². The van der Waals surface area contributed by atoms with E-state index in [4.69, 9.17) is 10.5 Å². The van der Waals surface area contributed by atoms with E-state index in [0.717, 1.165) is 18.8 Å². The van der Waals surface area contributed by atoms with Crippen molar-refractivity contribution in [1.29, 1.82) is 0 Å². The van der Waals surface area contributed by atoms with E-state index in [2.05, 4.69) is 19.1 Å². The van der Waals surface area contributed by atoms with Crippen LogP contribution >= 0.6 is 0 Å². The van der Waals surface area contributed by atoms with Gasteiger partial charge in [0.15, 0.2) is 0 Å². The van der Waals surface area contributed by atoms with Crippen molar-refractivity contribution in [2.75, 3.05) is 6.61 Å². The molecular formula is C13H17NO. The number of benzene rings is 1. The molecule has 1 aliphatic carbocycles. The SMILES string of the molecule is CCC1CC1(N)C1COc2ccccc21. The number of nitrogens with two attached hydrogens (primary N) is 1. The summed E-state index contributed by atoms with van der Waals surface area (Å²) in [5.74, 6) is 2.14. The van der Waals surface area contributed by atoms with Gasteiger partial charge in [-0.1, -0.05) is 31.5 Å². The van der Waals surface area contributed by atoms with E-state index in [-0.39, 0.29) is 5.54 Å². The molecule has 0 radical (unpaired) electrons. The summed E-state index contributed by atoms with van der Waals surface area (Å²) < 4.78 is 5.69. The van der Waals surface area contributed by atoms with Crippen LogP contribution in [0.4, 0.5) is 0 Å². The molecule has 0 amide bonds. The van der Waals surface area contributed by atoms with Crippen LogP contribution < -0.4 is 10.5 Å². The van der Waals surface area contributed by atoms with Crippen molar-refractivity contribution in [3.05, 3.63) is 29.8 Å². The van der Waals surface area contributed by atoms with Crippen molar-refractivity contribution in [2.45, 2.75) is 31.2 Å². The van der Waals surface area contributed by atoms with Gasteiger partial charge < -0.3 is 10.5 Å². The van der Waals surface area contributed by atoms with Crippen LogP contribution in [0, 0.1) is 5.92 Å². The molecule has 0 spiro atoms. The lowest BCUT2D eigenvalue weighted by molar-refractivity contribution is 0.302. The second-order valence-corrected chi connectivity index (χ2v) is 4.82. The molecule has 2 aliphatic rings. The maximum absolute atomic E-state index is 6.44. The van der Waals surface area contributed by atoms with Crippen LogP contribution in [0.15, 0.2) is 24.3 Å². The van der Waals surface area contributed by atoms with Crippen LogP contribution in [0.2, 0.25) is 0 Å². The molecule has 1 aliphatic heterocycles. The Morgan fingerprint density at radius 3 is 3.00 bits per heavy atom. The van der Waals surface area contributed by atoms with Gasteiger partial charge in [-0.25, -0.2) is 0 Å². The molecule has 3 unspecified atom stereocenters. The Labute approximate surface area is 90.4 Å². The minimum absolute atomic E-state index is 0.0152. The molecule has 2 N–H and O–H groups in total. The van der Waals surface area contributed by atoms with Crippen LogP contribution in [0.25, 0.3) is 0 Å². The van der Waals surface area contributed by atoms with E-state index in [1.165, 1.54) is 12.0 Å². The lowest BCUT2D eigenvalue weighted by Crippen LogP contribution is -2.34. The summed E-state index contributed by atoms with van der Waals surface area (Å²) in [6.45, 7) is 2.99. The van der Waals surface area contributed by atoms with Crippen molar-refractivity contribution in [3.8, 4) is 5.75 Å². The summed E-state index contributed by atoms with van der Waals surface area (Å²) in [6.07, 6.45) is 2.35. The van der Waals surface area contributed by atoms with Crippen molar-refractivity contribution in [2.24, 2.45) is 11.7 Å². The van der Waals surface area contributed by atoms with Crippen LogP contribution in [-0.2, 0) is 0 Å². The maximum Gasteiger partial charge on any atom is 0.122 e. The molecular weight excluding hydrogens is 186 g/mol. The Morgan fingerprint density at radius 2 is 2.27 bits per heavy atom. The fourth-order valence-electron chi connectivity index (χ4n) is 2.93. The molecule has 1 saturated carbocycles. The first-order valence-electron chi connectivity index (χ1n) is 5.76. The van der Waals surface area contributed by atoms with Gasteiger partial charge in [-0.3, -0.25) is 0 Å². The molecule has 1 aromatic rings. The van der Waals surface area contributed by atoms with Gasteiger partial charge in [0.05, 0.1) is 6.61 Å². The molecule has 1 aromatic carbocycles. The average Bonchev–Trinajstić information content (AvgIpc) is 2.76. The molecule has 2 nitrogen and oxygen atoms in total. The zero-order valence-corrected chi connectivity index (χ0v) is 9.07. The second kappa shape index (κ2) is 2.99. The highest BCUT2D eigenvalue weighted by Crippen LogP contribution is 2.55. The van der Waals surface area contributed by atoms with E-state index in [1.54, 1.807) is 0 Å². The van der Waals surface area contributed by atoms with Gasteiger partial charge in [0.1, 0.15) is 5.75 Å². The lowest BCUT2D eigenvalue weighted by Gasteiger charge is -2.18. The fourth-order valence-corrected chi connectivity index (χ4v) is 2.93. The highest BCUT2D eigenvalue weighted by atomic mass is 16.5. The van der Waals surface area contributed by atoms with Crippen LogP contribution in [-0.4, -0.2) is 12.1 Å². The topological polar surface area (TPSA) is 35.2 Å². The summed E-state index contributed by atoms with van der Waals surface area (Å²) in [5.41, 5.74) is 7.77. The Kier molecular flexibility index (Phi) is 1.84. The van der Waals surface area contributed by atoms with E-state index < -0.39 is 0 Å². The van der Waals surface area contributed by atoms with Gasteiger partial charge in [0, 0.05) is 17.0 Å². The summed E-state index contributed by atoms with van der Waals surface area (Å²) >= 11 is 0. The lowest BCUT2D eigenvalue weighted by atomic mass is 9.90. The molecule has 2 heteroatoms. The van der Waals surface area contributed by atoms with Gasteiger partial charge in [-0.2, -0.15) is 0 Å². The van der Waals surface area contributed by atoms with Crippen LogP contribution in [0.1, 0.15) is 31.2 Å². The maximum atomic E-state index is 6.44. The van der Waals surface area contributed by atoms with Gasteiger partial charge in [-0.05, 0) is 18.4 Å². The monoisotopic (exact) mass is 203 g/mol. The third kappa shape index (κ3) is 1.21. The number of hydrogen-bond donors (Lipinski definition) is 1. The van der Waals surface area contributed by atoms with E-state index in [0.29, 0.717) is 11.8 Å². The van der Waals surface area contributed by atoms with Gasteiger partial charge in [-0.15, -0.1) is 0 Å². The molecule has 3 atom stereocenters. The number of ether oxygens (including phenoxy) is 1. The predicted octanol–water partition coefficient (Wildman–Crippen LogP) is 2.29. The van der Waals surface area contributed by atoms with Crippen LogP contribution in [0.3, 0.4) is 0 Å². The highest BCUT2D eigenvalue weighted by Gasteiger charge is 2.57. The smallest absolute Gasteiger partial charge is 0.122 e. The molecule has 1 heterocycles. The van der Waals surface area contributed by atoms with E-state index in [1.807, 2.05) is 12.1 Å². The average molecular weight is 203 g/mol. The molecule has 0 saturated heterocycles. The molecule has 1 fully saturated rings. The van der Waals surface area contributed by atoms with Gasteiger partial charge in [0.25, 0.3) is 0 Å². The quantitative estimate of drug-likeness (QED) is 0.800. The number of rotatable bonds is 2. The first kappa shape index (κ1) is 9.22. The normalized spacial score (nSPS) is 37.2. The van der Waals surface area contributed by atoms with Crippen molar-refractivity contribution in [1.82, 2.24) is 0 Å². The van der Waals surface area contributed by atoms with Crippen molar-refractivity contribution < 1.29 is 4.74 Å². The summed E-state index contributed by atoms with van der Waals surface area (Å²) in [5, 5.41) is 0. The number of hydrogen-bond acceptors (Lipinski definition) is 2. The van der Waals surface area contributed by atoms with Crippen molar-refractivity contribution >= 4 is 0 Å². The molecule has 15 heavy (non-hydrogen) atoms. The third-order valence-electron chi connectivity index (χ3n) is 4.04. The summed E-state index contributed by atoms with van der Waals surface area (Å²) in [6, 6.07) is 8.30. The Hall–Kier alpha value is -1.02. The minimum atomic E-state index is 0.0152. The molecule has 0 bridgehead atoms. The Bertz CT molecular complexity index is 390. The molecule has 0 aromatic heterocycles. The first-order valence-corrected chi connectivity index (χ1v) is 5.76. The second-order valence-electron chi connectivity index (χ2n) is 4.82. The fraction of sp³-hybridized carbons (Fsp3) is 0.538. The first-order chi connectivity index (χ1) is 7.25. The highest BCUT2D eigenvalue weighted by molar-refractivity contribution is 5.43. The minimum Gasteiger partial charge on any atom is -0.493 e. The van der Waals surface area contributed by atoms with E-state index >= 15 is 0 Å². The standard InChI is InChI=1S/C13H17NO/c1-2-9-7-13(9,14)11-8-15-12-6-4-3-5-10(11)12/h3-6,9,11H,2,7-8,14H2,1H3. The summed E-state index contributed by atoms with van der Waals surface area (Å²) in [4.78, 5) is 0. The zero-order chi connectivity index (χ0) is 10.5. The van der Waals surface area contributed by atoms with E-state index in [9.17, 15) is 0 Å². The Balaban J connectivity index is 1.92. The number of para-hydroxylation sites is 1. The largest absolute Gasteiger partial charge is 0.493 e. The zero-order valence-electron chi connectivity index (χ0n) is 9.07. The molecule has 3 rings (SSSR count). The summed E-state index contributed by atoms with van der Waals surface area (Å²) in [7, 11) is 0. The predicted molar refractivity (Wildman–Crippen MR) is 60.0 cm³/mol. The molecule has 80 valence electrons. The Morgan fingerprint density at radius 1 is 1.47 bits per heavy atom. The van der Waals surface area contributed by atoms with Gasteiger partial charge >= 0.3 is 0 Å². The third-order valence-corrected chi connectivity index (χ3v) is 4.04. The van der Waals surface area contributed by atoms with Crippen LogP contribution in [0.5, 0.6) is 5.75 Å².